The molecule has 0 atom stereocenters. The minimum atomic E-state index is -0.432. The Balaban J connectivity index is 2.80. The molecule has 0 amide bonds. The summed E-state index contributed by atoms with van der Waals surface area (Å²) < 4.78 is 5.10. The Morgan fingerprint density at radius 1 is 1.50 bits per heavy atom. The number of nitrogens with zero attached hydrogens (tertiary/aromatic N) is 1. The molecule has 5 nitrogen and oxygen atoms in total. The number of nitro benzene ring substituents is 1. The molecule has 0 spiro atoms. The zero-order chi connectivity index (χ0) is 12.0. The lowest BCUT2D eigenvalue weighted by Crippen LogP contribution is -2.03. The summed E-state index contributed by atoms with van der Waals surface area (Å²) >= 11 is 0. The fraction of sp³-hybridized carbons (Fsp3) is 0.455. The first kappa shape index (κ1) is 12.3. The van der Waals surface area contributed by atoms with Crippen LogP contribution >= 0.6 is 0 Å². The molecule has 0 aromatic heterocycles. The molecule has 0 unspecified atom stereocenters. The van der Waals surface area contributed by atoms with E-state index in [1.54, 1.807) is 6.07 Å². The molecule has 0 aliphatic heterocycles. The number of hydrogen-bond donors (Lipinski definition) is 1. The van der Waals surface area contributed by atoms with Gasteiger partial charge in [0, 0.05) is 12.6 Å². The molecular formula is C11H16N2O3. The van der Waals surface area contributed by atoms with Crippen molar-refractivity contribution in [3.05, 3.63) is 28.3 Å². The molecule has 0 heterocycles. The number of non-ortho nitro benzene ring substituents is 1. The minimum absolute atomic E-state index is 0.0397. The van der Waals surface area contributed by atoms with Crippen molar-refractivity contribution in [2.24, 2.45) is 0 Å². The van der Waals surface area contributed by atoms with Crippen LogP contribution in [0.25, 0.3) is 0 Å². The van der Waals surface area contributed by atoms with Crippen LogP contribution in [0.15, 0.2) is 18.2 Å². The summed E-state index contributed by atoms with van der Waals surface area (Å²) in [5.41, 5.74) is 0.833. The van der Waals surface area contributed by atoms with Crippen molar-refractivity contribution in [1.29, 1.82) is 0 Å². The van der Waals surface area contributed by atoms with Gasteiger partial charge in [-0.3, -0.25) is 10.1 Å². The lowest BCUT2D eigenvalue weighted by Gasteiger charge is -2.10. The smallest absolute Gasteiger partial charge is 0.273 e. The van der Waals surface area contributed by atoms with Gasteiger partial charge in [0.1, 0.15) is 5.75 Å². The van der Waals surface area contributed by atoms with Crippen LogP contribution in [0, 0.1) is 10.1 Å². The number of methoxy groups -OCH3 is 1. The van der Waals surface area contributed by atoms with Crippen molar-refractivity contribution in [2.45, 2.75) is 19.8 Å². The molecule has 0 saturated heterocycles. The van der Waals surface area contributed by atoms with E-state index in [9.17, 15) is 10.1 Å². The van der Waals surface area contributed by atoms with Gasteiger partial charge in [0.15, 0.2) is 0 Å². The number of ether oxygens (including phenoxy) is 1. The highest BCUT2D eigenvalue weighted by Gasteiger charge is 2.10. The zero-order valence-corrected chi connectivity index (χ0v) is 9.53. The molecule has 0 bridgehead atoms. The number of rotatable bonds is 6. The number of unbranched alkanes of at least 4 members (excludes halogenated alkanes) is 1. The fourth-order valence-corrected chi connectivity index (χ4v) is 1.34. The molecule has 16 heavy (non-hydrogen) atoms. The Kier molecular flexibility index (Phi) is 4.57. The molecule has 0 saturated carbocycles. The van der Waals surface area contributed by atoms with Crippen molar-refractivity contribution in [3.63, 3.8) is 0 Å². The van der Waals surface area contributed by atoms with E-state index in [2.05, 4.69) is 12.2 Å². The Morgan fingerprint density at radius 2 is 2.25 bits per heavy atom. The number of nitro groups is 1. The largest absolute Gasteiger partial charge is 0.494 e. The zero-order valence-electron chi connectivity index (χ0n) is 9.53. The van der Waals surface area contributed by atoms with Gasteiger partial charge in [-0.15, -0.1) is 0 Å². The SMILES string of the molecule is CCCCNc1ccc([N+](=O)[O-])cc1OC. The standard InChI is InChI=1S/C11H16N2O3/c1-3-4-7-12-10-6-5-9(13(14)15)8-11(10)16-2/h5-6,8,12H,3-4,7H2,1-2H3. The Labute approximate surface area is 94.6 Å². The van der Waals surface area contributed by atoms with Gasteiger partial charge in [0.05, 0.1) is 23.8 Å². The first-order valence-electron chi connectivity index (χ1n) is 5.25. The van der Waals surface area contributed by atoms with Crippen molar-refractivity contribution < 1.29 is 9.66 Å². The average Bonchev–Trinajstić information content (AvgIpc) is 2.29. The number of nitrogens with one attached hydrogen (secondary N) is 1. The van der Waals surface area contributed by atoms with Crippen LogP contribution < -0.4 is 10.1 Å². The molecule has 0 aliphatic rings. The van der Waals surface area contributed by atoms with Crippen molar-refractivity contribution in [3.8, 4) is 5.75 Å². The van der Waals surface area contributed by atoms with Crippen LogP contribution in [0.3, 0.4) is 0 Å². The van der Waals surface area contributed by atoms with E-state index < -0.39 is 4.92 Å². The molecule has 1 aromatic rings. The van der Waals surface area contributed by atoms with Crippen LogP contribution in [0.1, 0.15) is 19.8 Å². The van der Waals surface area contributed by atoms with E-state index >= 15 is 0 Å². The summed E-state index contributed by atoms with van der Waals surface area (Å²) in [4.78, 5) is 10.1. The average molecular weight is 224 g/mol. The van der Waals surface area contributed by atoms with Gasteiger partial charge in [0.2, 0.25) is 0 Å². The number of anilines is 1. The summed E-state index contributed by atoms with van der Waals surface area (Å²) in [7, 11) is 1.50. The lowest BCUT2D eigenvalue weighted by atomic mass is 10.2. The van der Waals surface area contributed by atoms with E-state index in [1.165, 1.54) is 19.2 Å². The predicted octanol–water partition coefficient (Wildman–Crippen LogP) is 2.82. The van der Waals surface area contributed by atoms with E-state index in [4.69, 9.17) is 4.74 Å². The summed E-state index contributed by atoms with van der Waals surface area (Å²) in [5, 5.41) is 13.8. The monoisotopic (exact) mass is 224 g/mol. The van der Waals surface area contributed by atoms with Crippen LogP contribution in [0.2, 0.25) is 0 Å². The highest BCUT2D eigenvalue weighted by molar-refractivity contribution is 5.60. The molecule has 0 radical (unpaired) electrons. The van der Waals surface area contributed by atoms with Gasteiger partial charge in [-0.2, -0.15) is 0 Å². The molecule has 1 N–H and O–H groups in total. The highest BCUT2D eigenvalue weighted by Crippen LogP contribution is 2.28. The quantitative estimate of drug-likeness (QED) is 0.458. The second-order valence-corrected chi connectivity index (χ2v) is 3.42. The molecular weight excluding hydrogens is 208 g/mol. The predicted molar refractivity (Wildman–Crippen MR) is 63.0 cm³/mol. The molecule has 1 rings (SSSR count). The highest BCUT2D eigenvalue weighted by atomic mass is 16.6. The maximum absolute atomic E-state index is 10.6. The van der Waals surface area contributed by atoms with Crippen LogP contribution in [0.4, 0.5) is 11.4 Å². The van der Waals surface area contributed by atoms with Gasteiger partial charge < -0.3 is 10.1 Å². The van der Waals surface area contributed by atoms with Crippen molar-refractivity contribution in [1.82, 2.24) is 0 Å². The van der Waals surface area contributed by atoms with Crippen molar-refractivity contribution in [2.75, 3.05) is 19.0 Å². The Bertz CT molecular complexity index is 366. The summed E-state index contributed by atoms with van der Waals surface area (Å²) in [6, 6.07) is 4.57. The van der Waals surface area contributed by atoms with Crippen LogP contribution in [-0.4, -0.2) is 18.6 Å². The molecule has 0 aliphatic carbocycles. The third-order valence-corrected chi connectivity index (χ3v) is 2.24. The topological polar surface area (TPSA) is 64.4 Å². The van der Waals surface area contributed by atoms with Gasteiger partial charge in [-0.05, 0) is 12.5 Å². The Hall–Kier alpha value is -1.78. The lowest BCUT2D eigenvalue weighted by molar-refractivity contribution is -0.384. The van der Waals surface area contributed by atoms with Crippen LogP contribution in [0.5, 0.6) is 5.75 Å². The first-order chi connectivity index (χ1) is 7.69. The van der Waals surface area contributed by atoms with Gasteiger partial charge in [0.25, 0.3) is 5.69 Å². The van der Waals surface area contributed by atoms with E-state index in [1.807, 2.05) is 0 Å². The summed E-state index contributed by atoms with van der Waals surface area (Å²) in [5.74, 6) is 0.505. The minimum Gasteiger partial charge on any atom is -0.494 e. The first-order valence-corrected chi connectivity index (χ1v) is 5.25. The number of hydrogen-bond acceptors (Lipinski definition) is 4. The van der Waals surface area contributed by atoms with E-state index in [0.29, 0.717) is 5.75 Å². The molecule has 5 heteroatoms. The molecule has 88 valence electrons. The second kappa shape index (κ2) is 5.95. The fourth-order valence-electron chi connectivity index (χ4n) is 1.34. The van der Waals surface area contributed by atoms with E-state index in [0.717, 1.165) is 25.1 Å². The normalized spacial score (nSPS) is 9.88. The van der Waals surface area contributed by atoms with Gasteiger partial charge in [-0.25, -0.2) is 0 Å². The summed E-state index contributed by atoms with van der Waals surface area (Å²) in [6.45, 7) is 2.94. The maximum Gasteiger partial charge on any atom is 0.273 e. The third kappa shape index (κ3) is 3.12. The van der Waals surface area contributed by atoms with Crippen molar-refractivity contribution >= 4 is 11.4 Å². The number of benzene rings is 1. The maximum atomic E-state index is 10.6. The second-order valence-electron chi connectivity index (χ2n) is 3.42. The third-order valence-electron chi connectivity index (χ3n) is 2.24. The Morgan fingerprint density at radius 3 is 2.81 bits per heavy atom. The van der Waals surface area contributed by atoms with Gasteiger partial charge >= 0.3 is 0 Å². The van der Waals surface area contributed by atoms with E-state index in [-0.39, 0.29) is 5.69 Å². The molecule has 1 aromatic carbocycles. The van der Waals surface area contributed by atoms with Crippen LogP contribution in [-0.2, 0) is 0 Å². The summed E-state index contributed by atoms with van der Waals surface area (Å²) in [6.07, 6.45) is 2.16. The van der Waals surface area contributed by atoms with Gasteiger partial charge in [-0.1, -0.05) is 13.3 Å². The molecule has 0 fully saturated rings.